The molecule has 2 aromatic rings. The minimum atomic E-state index is -0.317. The number of carbonyl (C=O) groups is 2. The van der Waals surface area contributed by atoms with Crippen molar-refractivity contribution in [3.05, 3.63) is 54.7 Å². The normalized spacial score (nSPS) is 10.3. The van der Waals surface area contributed by atoms with E-state index in [-0.39, 0.29) is 18.2 Å². The van der Waals surface area contributed by atoms with Crippen LogP contribution in [0.25, 0.3) is 0 Å². The molecule has 7 nitrogen and oxygen atoms in total. The molecule has 0 unspecified atom stereocenters. The van der Waals surface area contributed by atoms with E-state index in [0.29, 0.717) is 18.1 Å². The van der Waals surface area contributed by atoms with Crippen LogP contribution in [0, 0.1) is 0 Å². The Balaban J connectivity index is 1.94. The molecule has 0 saturated heterocycles. The third-order valence-electron chi connectivity index (χ3n) is 3.46. The number of para-hydroxylation sites is 1. The fourth-order valence-corrected chi connectivity index (χ4v) is 2.26. The summed E-state index contributed by atoms with van der Waals surface area (Å²) in [6.07, 6.45) is 3.97. The highest BCUT2D eigenvalue weighted by atomic mass is 16.5. The largest absolute Gasteiger partial charge is 0.385 e. The fraction of sp³-hybridized carbons (Fsp3) is 0.278. The summed E-state index contributed by atoms with van der Waals surface area (Å²) in [5.41, 5.74) is 1.31. The predicted molar refractivity (Wildman–Crippen MR) is 96.3 cm³/mol. The van der Waals surface area contributed by atoms with Crippen LogP contribution in [0.5, 0.6) is 0 Å². The molecule has 132 valence electrons. The molecule has 1 aromatic carbocycles. The first kappa shape index (κ1) is 18.4. The Morgan fingerprint density at radius 3 is 2.84 bits per heavy atom. The second-order valence-corrected chi connectivity index (χ2v) is 5.39. The third kappa shape index (κ3) is 5.89. The van der Waals surface area contributed by atoms with Gasteiger partial charge in [-0.2, -0.15) is 5.10 Å². The van der Waals surface area contributed by atoms with Crippen LogP contribution in [0.1, 0.15) is 12.0 Å². The van der Waals surface area contributed by atoms with Crippen molar-refractivity contribution < 1.29 is 14.3 Å². The summed E-state index contributed by atoms with van der Waals surface area (Å²) < 4.78 is 6.76. The van der Waals surface area contributed by atoms with Gasteiger partial charge in [0.1, 0.15) is 0 Å². The average molecular weight is 342 g/mol. The summed E-state index contributed by atoms with van der Waals surface area (Å²) in [4.78, 5) is 23.7. The van der Waals surface area contributed by atoms with E-state index in [0.717, 1.165) is 18.5 Å². The maximum atomic E-state index is 12.2. The Morgan fingerprint density at radius 2 is 2.08 bits per heavy atom. The topological polar surface area (TPSA) is 85.2 Å². The molecule has 2 N–H and O–H groups in total. The molecule has 0 aliphatic rings. The zero-order valence-electron chi connectivity index (χ0n) is 14.2. The molecule has 1 aromatic heterocycles. The first-order valence-electron chi connectivity index (χ1n) is 7.96. The first-order chi connectivity index (χ1) is 12.1. The second-order valence-electron chi connectivity index (χ2n) is 5.39. The Hall–Kier alpha value is -2.93. The Morgan fingerprint density at radius 1 is 1.28 bits per heavy atom. The van der Waals surface area contributed by atoms with Crippen molar-refractivity contribution in [2.75, 3.05) is 24.4 Å². The summed E-state index contributed by atoms with van der Waals surface area (Å²) in [7, 11) is 1.66. The number of ether oxygens (including phenoxy) is 1. The number of aromatic nitrogens is 2. The third-order valence-corrected chi connectivity index (χ3v) is 3.46. The highest BCUT2D eigenvalue weighted by Crippen LogP contribution is 2.16. The molecule has 0 aliphatic heterocycles. The van der Waals surface area contributed by atoms with Crippen molar-refractivity contribution >= 4 is 23.3 Å². The predicted octanol–water partition coefficient (Wildman–Crippen LogP) is 2.23. The van der Waals surface area contributed by atoms with Crippen LogP contribution in [0.3, 0.4) is 0 Å². The summed E-state index contributed by atoms with van der Waals surface area (Å²) in [5, 5.41) is 9.75. The van der Waals surface area contributed by atoms with E-state index in [1.54, 1.807) is 36.1 Å². The first-order valence-corrected chi connectivity index (χ1v) is 7.96. The van der Waals surface area contributed by atoms with E-state index in [2.05, 4.69) is 22.3 Å². The maximum absolute atomic E-state index is 12.2. The number of rotatable bonds is 9. The van der Waals surface area contributed by atoms with Gasteiger partial charge in [-0.25, -0.2) is 0 Å². The van der Waals surface area contributed by atoms with Crippen LogP contribution in [0.4, 0.5) is 11.5 Å². The standard InChI is InChI=1S/C18H22N4O3/c1-3-17(23)19-15-8-5-4-7-14(15)13-18(24)20-16-9-11-22(21-16)10-6-12-25-2/h3-5,7-9,11H,1,6,10,12-13H2,2H3,(H,19,23)(H,20,21,24). The zero-order chi connectivity index (χ0) is 18.1. The van der Waals surface area contributed by atoms with Crippen molar-refractivity contribution in [2.24, 2.45) is 0 Å². The summed E-state index contributed by atoms with van der Waals surface area (Å²) in [5.74, 6) is -0.0277. The number of methoxy groups -OCH3 is 1. The van der Waals surface area contributed by atoms with Gasteiger partial charge in [-0.1, -0.05) is 24.8 Å². The Kier molecular flexibility index (Phi) is 6.91. The molecule has 2 rings (SSSR count). The van der Waals surface area contributed by atoms with E-state index in [4.69, 9.17) is 4.74 Å². The van der Waals surface area contributed by atoms with Crippen LogP contribution >= 0.6 is 0 Å². The number of nitrogens with zero attached hydrogens (tertiary/aromatic N) is 2. The van der Waals surface area contributed by atoms with E-state index in [9.17, 15) is 9.59 Å². The molecular weight excluding hydrogens is 320 g/mol. The van der Waals surface area contributed by atoms with Gasteiger partial charge in [0.2, 0.25) is 11.8 Å². The van der Waals surface area contributed by atoms with Gasteiger partial charge in [-0.3, -0.25) is 14.3 Å². The molecule has 0 spiro atoms. The molecule has 7 heteroatoms. The Bertz CT molecular complexity index is 739. The smallest absolute Gasteiger partial charge is 0.247 e. The van der Waals surface area contributed by atoms with Crippen molar-refractivity contribution in [1.82, 2.24) is 9.78 Å². The van der Waals surface area contributed by atoms with Crippen LogP contribution in [0.2, 0.25) is 0 Å². The molecule has 25 heavy (non-hydrogen) atoms. The zero-order valence-corrected chi connectivity index (χ0v) is 14.2. The lowest BCUT2D eigenvalue weighted by atomic mass is 10.1. The fourth-order valence-electron chi connectivity index (χ4n) is 2.26. The minimum Gasteiger partial charge on any atom is -0.385 e. The van der Waals surface area contributed by atoms with E-state index in [1.165, 1.54) is 6.08 Å². The highest BCUT2D eigenvalue weighted by molar-refractivity contribution is 6.00. The molecule has 0 fully saturated rings. The quantitative estimate of drug-likeness (QED) is 0.540. The van der Waals surface area contributed by atoms with Crippen molar-refractivity contribution in [2.45, 2.75) is 19.4 Å². The lowest BCUT2D eigenvalue weighted by Crippen LogP contribution is -2.17. The lowest BCUT2D eigenvalue weighted by molar-refractivity contribution is -0.115. The monoisotopic (exact) mass is 342 g/mol. The second kappa shape index (κ2) is 9.39. The van der Waals surface area contributed by atoms with Crippen molar-refractivity contribution in [3.8, 4) is 0 Å². The summed E-state index contributed by atoms with van der Waals surface area (Å²) >= 11 is 0. The van der Waals surface area contributed by atoms with Gasteiger partial charge in [0.25, 0.3) is 0 Å². The Labute approximate surface area is 146 Å². The molecular formula is C18H22N4O3. The SMILES string of the molecule is C=CC(=O)Nc1ccccc1CC(=O)Nc1ccn(CCCOC)n1. The highest BCUT2D eigenvalue weighted by Gasteiger charge is 2.10. The number of aryl methyl sites for hydroxylation is 1. The maximum Gasteiger partial charge on any atom is 0.247 e. The van der Waals surface area contributed by atoms with Crippen LogP contribution in [-0.2, 0) is 27.3 Å². The molecule has 0 atom stereocenters. The molecule has 0 saturated carbocycles. The van der Waals surface area contributed by atoms with Gasteiger partial charge in [0, 0.05) is 38.2 Å². The summed E-state index contributed by atoms with van der Waals surface area (Å²) in [6, 6.07) is 8.89. The van der Waals surface area contributed by atoms with Gasteiger partial charge in [-0.15, -0.1) is 0 Å². The van der Waals surface area contributed by atoms with E-state index in [1.807, 2.05) is 12.3 Å². The number of carbonyl (C=O) groups excluding carboxylic acids is 2. The molecule has 0 radical (unpaired) electrons. The average Bonchev–Trinajstić information content (AvgIpc) is 3.04. The van der Waals surface area contributed by atoms with Crippen LogP contribution in [-0.4, -0.2) is 35.3 Å². The number of hydrogen-bond acceptors (Lipinski definition) is 4. The van der Waals surface area contributed by atoms with Gasteiger partial charge >= 0.3 is 0 Å². The summed E-state index contributed by atoms with van der Waals surface area (Å²) in [6.45, 7) is 4.81. The van der Waals surface area contributed by atoms with Crippen LogP contribution < -0.4 is 10.6 Å². The molecule has 0 bridgehead atoms. The van der Waals surface area contributed by atoms with E-state index >= 15 is 0 Å². The van der Waals surface area contributed by atoms with Gasteiger partial charge < -0.3 is 15.4 Å². The van der Waals surface area contributed by atoms with E-state index < -0.39 is 0 Å². The number of anilines is 2. The molecule has 2 amide bonds. The van der Waals surface area contributed by atoms with Crippen molar-refractivity contribution in [3.63, 3.8) is 0 Å². The minimum absolute atomic E-state index is 0.129. The number of hydrogen-bond donors (Lipinski definition) is 2. The lowest BCUT2D eigenvalue weighted by Gasteiger charge is -2.09. The number of benzene rings is 1. The number of nitrogens with one attached hydrogen (secondary N) is 2. The van der Waals surface area contributed by atoms with Gasteiger partial charge in [-0.05, 0) is 24.1 Å². The number of amides is 2. The molecule has 0 aliphatic carbocycles. The van der Waals surface area contributed by atoms with Gasteiger partial charge in [0.05, 0.1) is 6.42 Å². The molecule has 1 heterocycles. The van der Waals surface area contributed by atoms with Gasteiger partial charge in [0.15, 0.2) is 5.82 Å². The van der Waals surface area contributed by atoms with Crippen molar-refractivity contribution in [1.29, 1.82) is 0 Å². The van der Waals surface area contributed by atoms with Crippen LogP contribution in [0.15, 0.2) is 49.2 Å².